The maximum atomic E-state index is 5.86. The van der Waals surface area contributed by atoms with Crippen LogP contribution in [-0.4, -0.2) is 25.2 Å². The summed E-state index contributed by atoms with van der Waals surface area (Å²) in [5.41, 5.74) is 2.19. The molecule has 2 heterocycles. The molecule has 0 amide bonds. The van der Waals surface area contributed by atoms with Gasteiger partial charge in [0.15, 0.2) is 0 Å². The number of imidazole rings is 1. The van der Waals surface area contributed by atoms with E-state index in [0.29, 0.717) is 5.88 Å². The quantitative estimate of drug-likeness (QED) is 0.671. The monoisotopic (exact) mass is 274 g/mol. The first-order chi connectivity index (χ1) is 9.38. The summed E-state index contributed by atoms with van der Waals surface area (Å²) in [6.45, 7) is 1.69. The van der Waals surface area contributed by atoms with E-state index in [2.05, 4.69) is 20.7 Å². The Morgan fingerprint density at radius 1 is 1.11 bits per heavy atom. The van der Waals surface area contributed by atoms with Gasteiger partial charge < -0.3 is 4.57 Å². The van der Waals surface area contributed by atoms with Crippen molar-refractivity contribution in [2.75, 3.05) is 5.88 Å². The number of hydrogen-bond acceptors (Lipinski definition) is 2. The molecule has 3 aromatic rings. The Balaban J connectivity index is 1.92. The van der Waals surface area contributed by atoms with Crippen LogP contribution in [0, 0.1) is 0 Å². The molecule has 0 unspecified atom stereocenters. The summed E-state index contributed by atoms with van der Waals surface area (Å²) in [6, 6.07) is 10.1. The number of para-hydroxylation sites is 2. The standard InChI is InChI=1S/C14H15ClN4/c15-7-6-14-17-12-4-1-2-5-13(12)19(14)11-10-18-9-3-8-16-18/h1-5,8-9H,6-7,10-11H2. The van der Waals surface area contributed by atoms with Gasteiger partial charge in [-0.2, -0.15) is 5.10 Å². The van der Waals surface area contributed by atoms with Crippen LogP contribution in [0.3, 0.4) is 0 Å². The van der Waals surface area contributed by atoms with Gasteiger partial charge in [-0.05, 0) is 18.2 Å². The maximum Gasteiger partial charge on any atom is 0.111 e. The number of nitrogens with zero attached hydrogens (tertiary/aromatic N) is 4. The van der Waals surface area contributed by atoms with Crippen LogP contribution in [0.1, 0.15) is 5.82 Å². The third-order valence-corrected chi connectivity index (χ3v) is 3.35. The van der Waals surface area contributed by atoms with Gasteiger partial charge in [0.05, 0.1) is 17.6 Å². The maximum absolute atomic E-state index is 5.86. The van der Waals surface area contributed by atoms with E-state index in [-0.39, 0.29) is 0 Å². The van der Waals surface area contributed by atoms with Crippen LogP contribution in [0.2, 0.25) is 0 Å². The lowest BCUT2D eigenvalue weighted by Crippen LogP contribution is -2.11. The van der Waals surface area contributed by atoms with Crippen LogP contribution >= 0.6 is 11.6 Å². The summed E-state index contributed by atoms with van der Waals surface area (Å²) >= 11 is 5.86. The molecule has 5 heteroatoms. The summed E-state index contributed by atoms with van der Waals surface area (Å²) < 4.78 is 4.17. The van der Waals surface area contributed by atoms with Gasteiger partial charge in [-0.3, -0.25) is 4.68 Å². The van der Waals surface area contributed by atoms with Gasteiger partial charge in [0.1, 0.15) is 5.82 Å². The summed E-state index contributed by atoms with van der Waals surface area (Å²) in [7, 11) is 0. The SMILES string of the molecule is ClCCc1nc2ccccc2n1CCn1cccn1. The van der Waals surface area contributed by atoms with Crippen molar-refractivity contribution in [1.82, 2.24) is 19.3 Å². The number of halogens is 1. The third-order valence-electron chi connectivity index (χ3n) is 3.16. The van der Waals surface area contributed by atoms with E-state index in [1.807, 2.05) is 35.1 Å². The molecular formula is C14H15ClN4. The molecule has 0 N–H and O–H groups in total. The van der Waals surface area contributed by atoms with Crippen LogP contribution in [-0.2, 0) is 19.5 Å². The molecule has 4 nitrogen and oxygen atoms in total. The van der Waals surface area contributed by atoms with Crippen LogP contribution in [0.15, 0.2) is 42.7 Å². The highest BCUT2D eigenvalue weighted by molar-refractivity contribution is 6.17. The zero-order valence-corrected chi connectivity index (χ0v) is 11.3. The molecule has 0 aliphatic rings. The average Bonchev–Trinajstić information content (AvgIpc) is 3.04. The van der Waals surface area contributed by atoms with Crippen molar-refractivity contribution < 1.29 is 0 Å². The predicted molar refractivity (Wildman–Crippen MR) is 76.4 cm³/mol. The molecule has 0 spiro atoms. The lowest BCUT2D eigenvalue weighted by molar-refractivity contribution is 0.530. The predicted octanol–water partition coefficient (Wildman–Crippen LogP) is 2.71. The van der Waals surface area contributed by atoms with Crippen LogP contribution < -0.4 is 0 Å². The van der Waals surface area contributed by atoms with E-state index >= 15 is 0 Å². The van der Waals surface area contributed by atoms with Gasteiger partial charge in [-0.15, -0.1) is 11.6 Å². The lowest BCUT2D eigenvalue weighted by Gasteiger charge is -2.08. The number of benzene rings is 1. The van der Waals surface area contributed by atoms with Gasteiger partial charge in [0.25, 0.3) is 0 Å². The molecule has 0 saturated heterocycles. The topological polar surface area (TPSA) is 35.6 Å². The summed E-state index contributed by atoms with van der Waals surface area (Å²) in [6.07, 6.45) is 4.56. The van der Waals surface area contributed by atoms with E-state index in [9.17, 15) is 0 Å². The zero-order chi connectivity index (χ0) is 13.1. The van der Waals surface area contributed by atoms with Crippen molar-refractivity contribution in [2.24, 2.45) is 0 Å². The molecule has 0 saturated carbocycles. The van der Waals surface area contributed by atoms with E-state index < -0.39 is 0 Å². The first-order valence-electron chi connectivity index (χ1n) is 6.36. The van der Waals surface area contributed by atoms with Gasteiger partial charge in [0.2, 0.25) is 0 Å². The summed E-state index contributed by atoms with van der Waals surface area (Å²) in [5.74, 6) is 1.63. The minimum absolute atomic E-state index is 0.588. The Kier molecular flexibility index (Phi) is 3.51. The molecular weight excluding hydrogens is 260 g/mol. The van der Waals surface area contributed by atoms with E-state index in [1.54, 1.807) is 6.20 Å². The Morgan fingerprint density at radius 2 is 2.00 bits per heavy atom. The molecule has 0 radical (unpaired) electrons. The number of fused-ring (bicyclic) bond motifs is 1. The zero-order valence-electron chi connectivity index (χ0n) is 10.5. The molecule has 3 rings (SSSR count). The van der Waals surface area contributed by atoms with Crippen molar-refractivity contribution in [3.8, 4) is 0 Å². The first-order valence-corrected chi connectivity index (χ1v) is 6.89. The first kappa shape index (κ1) is 12.2. The van der Waals surface area contributed by atoms with Crippen molar-refractivity contribution in [3.05, 3.63) is 48.5 Å². The second-order valence-electron chi connectivity index (χ2n) is 4.38. The number of aromatic nitrogens is 4. The molecule has 0 bridgehead atoms. The van der Waals surface area contributed by atoms with Crippen molar-refractivity contribution in [2.45, 2.75) is 19.5 Å². The van der Waals surface area contributed by atoms with Crippen molar-refractivity contribution in [3.63, 3.8) is 0 Å². The number of rotatable bonds is 5. The van der Waals surface area contributed by atoms with E-state index in [4.69, 9.17) is 11.6 Å². The summed E-state index contributed by atoms with van der Waals surface area (Å²) in [4.78, 5) is 4.65. The van der Waals surface area contributed by atoms with Crippen molar-refractivity contribution >= 4 is 22.6 Å². The Labute approximate surface area is 116 Å². The molecule has 0 aliphatic carbocycles. The molecule has 2 aromatic heterocycles. The van der Waals surface area contributed by atoms with Crippen LogP contribution in [0.25, 0.3) is 11.0 Å². The number of alkyl halides is 1. The smallest absolute Gasteiger partial charge is 0.111 e. The fourth-order valence-electron chi connectivity index (χ4n) is 2.29. The van der Waals surface area contributed by atoms with Crippen molar-refractivity contribution in [1.29, 1.82) is 0 Å². The second-order valence-corrected chi connectivity index (χ2v) is 4.75. The second kappa shape index (κ2) is 5.45. The number of aryl methyl sites for hydroxylation is 3. The van der Waals surface area contributed by atoms with Crippen LogP contribution in [0.4, 0.5) is 0 Å². The van der Waals surface area contributed by atoms with E-state index in [0.717, 1.165) is 36.4 Å². The Hall–Kier alpha value is -1.81. The Bertz CT molecular complexity index is 657. The largest absolute Gasteiger partial charge is 0.326 e. The highest BCUT2D eigenvalue weighted by Gasteiger charge is 2.09. The normalized spacial score (nSPS) is 11.2. The van der Waals surface area contributed by atoms with Gasteiger partial charge in [-0.1, -0.05) is 12.1 Å². The molecule has 0 aliphatic heterocycles. The molecule has 1 aromatic carbocycles. The number of hydrogen-bond donors (Lipinski definition) is 0. The van der Waals surface area contributed by atoms with Gasteiger partial charge in [-0.25, -0.2) is 4.98 Å². The highest BCUT2D eigenvalue weighted by atomic mass is 35.5. The third kappa shape index (κ3) is 2.49. The van der Waals surface area contributed by atoms with Gasteiger partial charge >= 0.3 is 0 Å². The molecule has 0 fully saturated rings. The van der Waals surface area contributed by atoms with E-state index in [1.165, 1.54) is 0 Å². The summed E-state index contributed by atoms with van der Waals surface area (Å²) in [5, 5.41) is 4.23. The minimum atomic E-state index is 0.588. The molecule has 0 atom stereocenters. The lowest BCUT2D eigenvalue weighted by atomic mass is 10.3. The average molecular weight is 275 g/mol. The Morgan fingerprint density at radius 3 is 2.79 bits per heavy atom. The molecule has 98 valence electrons. The fraction of sp³-hybridized carbons (Fsp3) is 0.286. The van der Waals surface area contributed by atoms with Gasteiger partial charge in [0, 0.05) is 31.2 Å². The fourth-order valence-corrected chi connectivity index (χ4v) is 2.45. The highest BCUT2D eigenvalue weighted by Crippen LogP contribution is 2.16. The van der Waals surface area contributed by atoms with Crippen LogP contribution in [0.5, 0.6) is 0 Å². The molecule has 19 heavy (non-hydrogen) atoms. The minimum Gasteiger partial charge on any atom is -0.326 e.